The summed E-state index contributed by atoms with van der Waals surface area (Å²) in [4.78, 5) is 0. The zero-order chi connectivity index (χ0) is 16.2. The van der Waals surface area contributed by atoms with Gasteiger partial charge in [-0.05, 0) is 15.4 Å². The fourth-order valence-corrected chi connectivity index (χ4v) is 7.82. The highest BCUT2D eigenvalue weighted by Gasteiger charge is 2.50. The number of hydrogen-bond acceptors (Lipinski definition) is 1. The molecule has 0 aliphatic rings. The molecule has 116 valence electrons. The maximum absolute atomic E-state index is 6.62. The van der Waals surface area contributed by atoms with Gasteiger partial charge in [-0.25, -0.2) is 0 Å². The molecular weight excluding hydrogens is 352 g/mol. The maximum Gasteiger partial charge on any atom is 0.261 e. The summed E-state index contributed by atoms with van der Waals surface area (Å²) in [5.41, 5.74) is 0. The largest absolute Gasteiger partial charge is 0.403 e. The Labute approximate surface area is 143 Å². The van der Waals surface area contributed by atoms with E-state index < -0.39 is 8.32 Å². The van der Waals surface area contributed by atoms with Gasteiger partial charge in [0.05, 0.1) is 6.61 Å². The molecule has 0 aliphatic carbocycles. The highest BCUT2D eigenvalue weighted by molar-refractivity contribution is 9.11. The van der Waals surface area contributed by atoms with E-state index in [1.54, 1.807) is 0 Å². The van der Waals surface area contributed by atoms with Crippen molar-refractivity contribution in [2.45, 2.75) is 25.8 Å². The molecule has 0 unspecified atom stereocenters. The van der Waals surface area contributed by atoms with Crippen LogP contribution in [0.25, 0.3) is 0 Å². The Bertz CT molecular complexity index is 577. The molecule has 0 N–H and O–H groups in total. The Balaban J connectivity index is 2.67. The second-order valence-electron chi connectivity index (χ2n) is 6.47. The molecular formula is C19H23BrOSi. The molecule has 22 heavy (non-hydrogen) atoms. The minimum absolute atomic E-state index is 0.0121. The number of benzene rings is 2. The SMILES string of the molecule is C=C(Br)CO[Si](c1ccccc1)(c1ccccc1)C(C)(C)C. The van der Waals surface area contributed by atoms with Gasteiger partial charge >= 0.3 is 0 Å². The minimum atomic E-state index is -2.40. The van der Waals surface area contributed by atoms with Gasteiger partial charge < -0.3 is 4.43 Å². The van der Waals surface area contributed by atoms with Gasteiger partial charge in [0.25, 0.3) is 8.32 Å². The van der Waals surface area contributed by atoms with E-state index in [0.29, 0.717) is 6.61 Å². The van der Waals surface area contributed by atoms with Gasteiger partial charge in [-0.3, -0.25) is 0 Å². The van der Waals surface area contributed by atoms with Crippen LogP contribution in [0.5, 0.6) is 0 Å². The van der Waals surface area contributed by atoms with Gasteiger partial charge in [-0.2, -0.15) is 0 Å². The summed E-state index contributed by atoms with van der Waals surface area (Å²) in [6.45, 7) is 11.3. The Hall–Kier alpha value is -1.16. The Morgan fingerprint density at radius 3 is 1.68 bits per heavy atom. The average Bonchev–Trinajstić information content (AvgIpc) is 2.48. The zero-order valence-corrected chi connectivity index (χ0v) is 16.1. The molecule has 0 saturated carbocycles. The lowest BCUT2D eigenvalue weighted by molar-refractivity contribution is 0.337. The second kappa shape index (κ2) is 6.94. The van der Waals surface area contributed by atoms with E-state index in [4.69, 9.17) is 4.43 Å². The van der Waals surface area contributed by atoms with Crippen molar-refractivity contribution in [2.24, 2.45) is 0 Å². The third-order valence-electron chi connectivity index (χ3n) is 3.86. The lowest BCUT2D eigenvalue weighted by atomic mass is 10.2. The van der Waals surface area contributed by atoms with E-state index in [2.05, 4.69) is 104 Å². The second-order valence-corrected chi connectivity index (χ2v) is 11.9. The number of halogens is 1. The Morgan fingerprint density at radius 1 is 0.955 bits per heavy atom. The predicted octanol–water partition coefficient (Wildman–Crippen LogP) is 4.47. The molecule has 0 heterocycles. The summed E-state index contributed by atoms with van der Waals surface area (Å²) in [6.07, 6.45) is 0. The molecule has 0 atom stereocenters. The quantitative estimate of drug-likeness (QED) is 0.701. The van der Waals surface area contributed by atoms with Crippen LogP contribution < -0.4 is 10.4 Å². The summed E-state index contributed by atoms with van der Waals surface area (Å²) >= 11 is 3.44. The van der Waals surface area contributed by atoms with Crippen molar-refractivity contribution in [1.82, 2.24) is 0 Å². The van der Waals surface area contributed by atoms with E-state index >= 15 is 0 Å². The number of hydrogen-bond donors (Lipinski definition) is 0. The third kappa shape index (κ3) is 3.42. The van der Waals surface area contributed by atoms with E-state index in [1.807, 2.05) is 0 Å². The molecule has 2 aromatic carbocycles. The van der Waals surface area contributed by atoms with E-state index in [0.717, 1.165) is 4.48 Å². The van der Waals surface area contributed by atoms with Crippen LogP contribution >= 0.6 is 15.9 Å². The molecule has 0 fully saturated rings. The molecule has 1 nitrogen and oxygen atoms in total. The van der Waals surface area contributed by atoms with Crippen molar-refractivity contribution >= 4 is 34.6 Å². The van der Waals surface area contributed by atoms with Crippen molar-refractivity contribution in [2.75, 3.05) is 6.61 Å². The minimum Gasteiger partial charge on any atom is -0.403 e. The summed E-state index contributed by atoms with van der Waals surface area (Å²) < 4.78 is 7.50. The van der Waals surface area contributed by atoms with Gasteiger partial charge in [0.15, 0.2) is 0 Å². The molecule has 0 radical (unpaired) electrons. The molecule has 0 aliphatic heterocycles. The molecule has 0 saturated heterocycles. The van der Waals surface area contributed by atoms with Crippen LogP contribution in [-0.4, -0.2) is 14.9 Å². The monoisotopic (exact) mass is 374 g/mol. The molecule has 0 spiro atoms. The fraction of sp³-hybridized carbons (Fsp3) is 0.263. The topological polar surface area (TPSA) is 9.23 Å². The first-order valence-corrected chi connectivity index (χ1v) is 10.2. The normalized spacial score (nSPS) is 12.2. The first kappa shape index (κ1) is 17.2. The standard InChI is InChI=1S/C19H23BrOSi/c1-16(20)15-21-22(19(2,3)4,17-11-7-5-8-12-17)18-13-9-6-10-14-18/h5-14H,1,15H2,2-4H3. The first-order chi connectivity index (χ1) is 10.4. The molecule has 3 heteroatoms. The van der Waals surface area contributed by atoms with Gasteiger partial charge in [0.2, 0.25) is 0 Å². The molecule has 0 amide bonds. The van der Waals surface area contributed by atoms with Crippen molar-refractivity contribution in [3.8, 4) is 0 Å². The fourth-order valence-electron chi connectivity index (χ4n) is 2.95. The molecule has 2 rings (SSSR count). The Kier molecular flexibility index (Phi) is 5.43. The van der Waals surface area contributed by atoms with Gasteiger partial charge in [0.1, 0.15) is 0 Å². The zero-order valence-electron chi connectivity index (χ0n) is 13.5. The smallest absolute Gasteiger partial charge is 0.261 e. The summed E-state index contributed by atoms with van der Waals surface area (Å²) in [5, 5.41) is 2.60. The number of rotatable bonds is 5. The van der Waals surface area contributed by atoms with E-state index in [9.17, 15) is 0 Å². The van der Waals surface area contributed by atoms with Crippen molar-refractivity contribution in [3.63, 3.8) is 0 Å². The molecule has 0 bridgehead atoms. The predicted molar refractivity (Wildman–Crippen MR) is 102 cm³/mol. The lowest BCUT2D eigenvalue weighted by Crippen LogP contribution is -2.66. The average molecular weight is 375 g/mol. The van der Waals surface area contributed by atoms with Crippen LogP contribution in [-0.2, 0) is 4.43 Å². The van der Waals surface area contributed by atoms with Crippen LogP contribution in [0.3, 0.4) is 0 Å². The van der Waals surface area contributed by atoms with Crippen LogP contribution in [0.1, 0.15) is 20.8 Å². The van der Waals surface area contributed by atoms with Gasteiger partial charge in [-0.15, -0.1) is 0 Å². The summed E-state index contributed by atoms with van der Waals surface area (Å²) in [7, 11) is -2.40. The molecule has 0 aromatic heterocycles. The summed E-state index contributed by atoms with van der Waals surface area (Å²) in [6, 6.07) is 21.3. The third-order valence-corrected chi connectivity index (χ3v) is 9.07. The van der Waals surface area contributed by atoms with E-state index in [-0.39, 0.29) is 5.04 Å². The van der Waals surface area contributed by atoms with Crippen molar-refractivity contribution in [1.29, 1.82) is 0 Å². The van der Waals surface area contributed by atoms with Crippen LogP contribution in [0.2, 0.25) is 5.04 Å². The maximum atomic E-state index is 6.62. The highest BCUT2D eigenvalue weighted by Crippen LogP contribution is 2.37. The highest BCUT2D eigenvalue weighted by atomic mass is 79.9. The molecule has 2 aromatic rings. The van der Waals surface area contributed by atoms with Gasteiger partial charge in [0, 0.05) is 4.48 Å². The van der Waals surface area contributed by atoms with Crippen LogP contribution in [0, 0.1) is 0 Å². The lowest BCUT2D eigenvalue weighted by Gasteiger charge is -2.43. The van der Waals surface area contributed by atoms with Gasteiger partial charge in [-0.1, -0.05) is 104 Å². The van der Waals surface area contributed by atoms with Crippen LogP contribution in [0.15, 0.2) is 71.7 Å². The first-order valence-electron chi connectivity index (χ1n) is 7.46. The van der Waals surface area contributed by atoms with Crippen molar-refractivity contribution < 1.29 is 4.43 Å². The van der Waals surface area contributed by atoms with E-state index in [1.165, 1.54) is 10.4 Å². The summed E-state index contributed by atoms with van der Waals surface area (Å²) in [5.74, 6) is 0. The van der Waals surface area contributed by atoms with Crippen LogP contribution in [0.4, 0.5) is 0 Å². The Morgan fingerprint density at radius 2 is 1.36 bits per heavy atom. The van der Waals surface area contributed by atoms with Crippen molar-refractivity contribution in [3.05, 3.63) is 71.7 Å².